The number of carbonyl (C=O) groups excluding carboxylic acids is 1. The Kier molecular flexibility index (Phi) is 4.39. The van der Waals surface area contributed by atoms with E-state index in [4.69, 9.17) is 0 Å². The van der Waals surface area contributed by atoms with Gasteiger partial charge in [0.05, 0.1) is 5.69 Å². The maximum absolute atomic E-state index is 11.1. The van der Waals surface area contributed by atoms with E-state index in [1.807, 2.05) is 60.7 Å². The molecule has 0 N–H and O–H groups in total. The van der Waals surface area contributed by atoms with Crippen molar-refractivity contribution in [1.82, 2.24) is 9.97 Å². The molecule has 0 aliphatic rings. The molecular weight excluding hydrogens is 284 g/mol. The molecule has 0 aliphatic carbocycles. The molecule has 3 nitrogen and oxygen atoms in total. The van der Waals surface area contributed by atoms with Crippen LogP contribution in [0, 0.1) is 0 Å². The zero-order valence-electron chi connectivity index (χ0n) is 12.8. The number of aromatic nitrogens is 2. The first-order chi connectivity index (χ1) is 11.2. The molecule has 1 aromatic heterocycles. The van der Waals surface area contributed by atoms with E-state index < -0.39 is 0 Å². The van der Waals surface area contributed by atoms with Gasteiger partial charge in [-0.3, -0.25) is 4.79 Å². The third-order valence-corrected chi connectivity index (χ3v) is 3.38. The maximum Gasteiger partial charge on any atom is 0.159 e. The van der Waals surface area contributed by atoms with Crippen molar-refractivity contribution in [2.45, 2.75) is 6.92 Å². The van der Waals surface area contributed by atoms with Crippen LogP contribution in [0.25, 0.3) is 28.7 Å². The number of hydrogen-bond acceptors (Lipinski definition) is 3. The number of benzene rings is 2. The van der Waals surface area contributed by atoms with Crippen LogP contribution in [0.15, 0.2) is 72.9 Å². The van der Waals surface area contributed by atoms with Crippen molar-refractivity contribution in [3.63, 3.8) is 0 Å². The molecule has 0 radical (unpaired) electrons. The Morgan fingerprint density at radius 3 is 2.52 bits per heavy atom. The lowest BCUT2D eigenvalue weighted by Gasteiger charge is -2.05. The second kappa shape index (κ2) is 6.79. The molecule has 3 rings (SSSR count). The van der Waals surface area contributed by atoms with Gasteiger partial charge < -0.3 is 0 Å². The van der Waals surface area contributed by atoms with E-state index in [9.17, 15) is 4.79 Å². The number of carbonyl (C=O) groups is 1. The lowest BCUT2D eigenvalue weighted by molar-refractivity contribution is -0.112. The van der Waals surface area contributed by atoms with E-state index in [0.29, 0.717) is 5.82 Å². The molecule has 0 saturated carbocycles. The molecule has 0 bridgehead atoms. The predicted molar refractivity (Wildman–Crippen MR) is 92.6 cm³/mol. The summed E-state index contributed by atoms with van der Waals surface area (Å²) in [7, 11) is 0. The number of rotatable bonds is 4. The number of allylic oxidation sites excluding steroid dienone is 1. The van der Waals surface area contributed by atoms with Crippen LogP contribution in [0.2, 0.25) is 0 Å². The van der Waals surface area contributed by atoms with Crippen LogP contribution in [0.4, 0.5) is 0 Å². The second-order valence-electron chi connectivity index (χ2n) is 5.20. The zero-order chi connectivity index (χ0) is 16.1. The molecule has 2 aromatic carbocycles. The Balaban J connectivity index is 1.96. The minimum atomic E-state index is 0.0257. The van der Waals surface area contributed by atoms with Gasteiger partial charge in [0.1, 0.15) is 0 Å². The minimum absolute atomic E-state index is 0.0257. The standard InChI is InChI=1S/C20H16N2O/c1-15(23)10-11-16-6-5-9-18(14-16)20-21-13-12-19(22-20)17-7-3-2-4-8-17/h2-14H,1H3/b11-10+. The first-order valence-corrected chi connectivity index (χ1v) is 7.40. The predicted octanol–water partition coefficient (Wildman–Crippen LogP) is 4.41. The zero-order valence-corrected chi connectivity index (χ0v) is 12.8. The Bertz CT molecular complexity index is 854. The third-order valence-electron chi connectivity index (χ3n) is 3.38. The molecule has 0 amide bonds. The van der Waals surface area contributed by atoms with Crippen molar-refractivity contribution in [3.8, 4) is 22.6 Å². The minimum Gasteiger partial charge on any atom is -0.295 e. The Labute approximate surface area is 135 Å². The highest BCUT2D eigenvalue weighted by molar-refractivity contribution is 5.91. The van der Waals surface area contributed by atoms with Crippen molar-refractivity contribution >= 4 is 11.9 Å². The molecule has 0 atom stereocenters. The fourth-order valence-corrected chi connectivity index (χ4v) is 2.26. The molecule has 0 unspecified atom stereocenters. The summed E-state index contributed by atoms with van der Waals surface area (Å²) in [5.41, 5.74) is 3.82. The van der Waals surface area contributed by atoms with Crippen LogP contribution in [-0.4, -0.2) is 15.8 Å². The van der Waals surface area contributed by atoms with E-state index in [0.717, 1.165) is 22.4 Å². The van der Waals surface area contributed by atoms with Crippen LogP contribution in [0.5, 0.6) is 0 Å². The second-order valence-corrected chi connectivity index (χ2v) is 5.20. The highest BCUT2D eigenvalue weighted by Gasteiger charge is 2.04. The lowest BCUT2D eigenvalue weighted by Crippen LogP contribution is -1.92. The average molecular weight is 300 g/mol. The van der Waals surface area contributed by atoms with Crippen LogP contribution in [-0.2, 0) is 4.79 Å². The Morgan fingerprint density at radius 2 is 1.74 bits per heavy atom. The first kappa shape index (κ1) is 14.9. The quantitative estimate of drug-likeness (QED) is 0.670. The fourth-order valence-electron chi connectivity index (χ4n) is 2.26. The largest absolute Gasteiger partial charge is 0.295 e. The highest BCUT2D eigenvalue weighted by atomic mass is 16.1. The van der Waals surface area contributed by atoms with E-state index in [1.165, 1.54) is 6.92 Å². The van der Waals surface area contributed by atoms with Gasteiger partial charge in [-0.2, -0.15) is 0 Å². The molecule has 0 spiro atoms. The Morgan fingerprint density at radius 1 is 0.957 bits per heavy atom. The van der Waals surface area contributed by atoms with E-state index in [2.05, 4.69) is 9.97 Å². The van der Waals surface area contributed by atoms with Gasteiger partial charge in [-0.15, -0.1) is 0 Å². The summed E-state index contributed by atoms with van der Waals surface area (Å²) in [6.07, 6.45) is 5.12. The lowest BCUT2D eigenvalue weighted by atomic mass is 10.1. The van der Waals surface area contributed by atoms with Crippen molar-refractivity contribution in [2.75, 3.05) is 0 Å². The molecule has 0 aliphatic heterocycles. The summed E-state index contributed by atoms with van der Waals surface area (Å²) >= 11 is 0. The van der Waals surface area contributed by atoms with E-state index in [-0.39, 0.29) is 5.78 Å². The van der Waals surface area contributed by atoms with Crippen molar-refractivity contribution in [3.05, 3.63) is 78.5 Å². The van der Waals surface area contributed by atoms with Gasteiger partial charge in [0.15, 0.2) is 11.6 Å². The Hall–Kier alpha value is -3.07. The van der Waals surface area contributed by atoms with Gasteiger partial charge in [0.25, 0.3) is 0 Å². The molecule has 3 aromatic rings. The fraction of sp³-hybridized carbons (Fsp3) is 0.0500. The summed E-state index contributed by atoms with van der Waals surface area (Å²) in [6, 6.07) is 19.7. The monoisotopic (exact) mass is 300 g/mol. The third kappa shape index (κ3) is 3.77. The smallest absolute Gasteiger partial charge is 0.159 e. The summed E-state index contributed by atoms with van der Waals surface area (Å²) in [5.74, 6) is 0.696. The van der Waals surface area contributed by atoms with E-state index in [1.54, 1.807) is 18.3 Å². The summed E-state index contributed by atoms with van der Waals surface area (Å²) in [6.45, 7) is 1.53. The molecule has 0 fully saturated rings. The van der Waals surface area contributed by atoms with Gasteiger partial charge in [-0.25, -0.2) is 9.97 Å². The van der Waals surface area contributed by atoms with Crippen molar-refractivity contribution < 1.29 is 4.79 Å². The number of ketones is 1. The summed E-state index contributed by atoms with van der Waals surface area (Å²) in [5, 5.41) is 0. The van der Waals surface area contributed by atoms with Crippen molar-refractivity contribution in [1.29, 1.82) is 0 Å². The van der Waals surface area contributed by atoms with E-state index >= 15 is 0 Å². The normalized spacial score (nSPS) is 10.8. The topological polar surface area (TPSA) is 42.9 Å². The van der Waals surface area contributed by atoms with Gasteiger partial charge in [-0.1, -0.05) is 54.6 Å². The van der Waals surface area contributed by atoms with Gasteiger partial charge in [0, 0.05) is 17.3 Å². The molecule has 23 heavy (non-hydrogen) atoms. The van der Waals surface area contributed by atoms with Crippen LogP contribution in [0.1, 0.15) is 12.5 Å². The van der Waals surface area contributed by atoms with Crippen molar-refractivity contribution in [2.24, 2.45) is 0 Å². The molecular formula is C20H16N2O. The van der Waals surface area contributed by atoms with Gasteiger partial charge >= 0.3 is 0 Å². The van der Waals surface area contributed by atoms with Crippen LogP contribution >= 0.6 is 0 Å². The number of hydrogen-bond donors (Lipinski definition) is 0. The van der Waals surface area contributed by atoms with Gasteiger partial charge in [0.2, 0.25) is 0 Å². The van der Waals surface area contributed by atoms with Gasteiger partial charge in [-0.05, 0) is 30.7 Å². The molecule has 1 heterocycles. The van der Waals surface area contributed by atoms with Crippen LogP contribution in [0.3, 0.4) is 0 Å². The molecule has 3 heteroatoms. The highest BCUT2D eigenvalue weighted by Crippen LogP contribution is 2.21. The summed E-state index contributed by atoms with van der Waals surface area (Å²) in [4.78, 5) is 20.1. The first-order valence-electron chi connectivity index (χ1n) is 7.40. The number of nitrogens with zero attached hydrogens (tertiary/aromatic N) is 2. The van der Waals surface area contributed by atoms with Crippen LogP contribution < -0.4 is 0 Å². The average Bonchev–Trinajstić information content (AvgIpc) is 2.61. The molecule has 0 saturated heterocycles. The summed E-state index contributed by atoms with van der Waals surface area (Å²) < 4.78 is 0. The maximum atomic E-state index is 11.1. The molecule has 112 valence electrons. The SMILES string of the molecule is CC(=O)/C=C/c1cccc(-c2nccc(-c3ccccc3)n2)c1.